The summed E-state index contributed by atoms with van der Waals surface area (Å²) in [7, 11) is 0. The van der Waals surface area contributed by atoms with Crippen molar-refractivity contribution in [3.8, 4) is 5.75 Å². The minimum Gasteiger partial charge on any atom is -0.486 e. The van der Waals surface area contributed by atoms with Crippen molar-refractivity contribution in [1.82, 2.24) is 10.2 Å². The molecule has 0 radical (unpaired) electrons. The summed E-state index contributed by atoms with van der Waals surface area (Å²) in [6.45, 7) is 2.28. The highest BCUT2D eigenvalue weighted by molar-refractivity contribution is 6.05. The maximum atomic E-state index is 13.0. The number of carbonyl (C=O) groups excluding carboxylic acids is 3. The number of benzene rings is 3. The maximum absolute atomic E-state index is 13.0. The average Bonchev–Trinajstić information content (AvgIpc) is 3.11. The van der Waals surface area contributed by atoms with E-state index in [1.165, 1.54) is 5.39 Å². The molecule has 6 heteroatoms. The van der Waals surface area contributed by atoms with Gasteiger partial charge in [-0.1, -0.05) is 42.5 Å². The number of hydrogen-bond acceptors (Lipinski definition) is 4. The zero-order valence-corrected chi connectivity index (χ0v) is 17.1. The Balaban J connectivity index is 1.40. The first-order valence-electron chi connectivity index (χ1n) is 10.4. The van der Waals surface area contributed by atoms with Crippen molar-refractivity contribution in [2.45, 2.75) is 38.5 Å². The number of piperidine rings is 1. The van der Waals surface area contributed by atoms with E-state index in [0.29, 0.717) is 24.3 Å². The Morgan fingerprint density at radius 1 is 1.00 bits per heavy atom. The van der Waals surface area contributed by atoms with Gasteiger partial charge in [0.15, 0.2) is 0 Å². The van der Waals surface area contributed by atoms with Gasteiger partial charge in [-0.05, 0) is 47.9 Å². The summed E-state index contributed by atoms with van der Waals surface area (Å²) in [5.41, 5.74) is 2.38. The molecule has 1 fully saturated rings. The molecule has 2 atom stereocenters. The molecule has 1 saturated heterocycles. The molecular formula is C25H22N2O4. The average molecular weight is 414 g/mol. The zero-order valence-electron chi connectivity index (χ0n) is 17.1. The number of amides is 3. The molecule has 2 aliphatic rings. The van der Waals surface area contributed by atoms with Gasteiger partial charge < -0.3 is 9.64 Å². The first-order valence-corrected chi connectivity index (χ1v) is 10.4. The monoisotopic (exact) mass is 414 g/mol. The molecule has 3 aromatic rings. The van der Waals surface area contributed by atoms with E-state index in [2.05, 4.69) is 35.6 Å². The Hall–Kier alpha value is -3.67. The van der Waals surface area contributed by atoms with E-state index in [1.807, 2.05) is 25.1 Å². The topological polar surface area (TPSA) is 75.7 Å². The van der Waals surface area contributed by atoms with Crippen molar-refractivity contribution in [1.29, 1.82) is 0 Å². The van der Waals surface area contributed by atoms with Crippen LogP contribution in [-0.4, -0.2) is 28.7 Å². The lowest BCUT2D eigenvalue weighted by Gasteiger charge is -2.29. The third-order valence-electron chi connectivity index (χ3n) is 6.09. The highest BCUT2D eigenvalue weighted by atomic mass is 16.5. The Kier molecular flexibility index (Phi) is 4.70. The van der Waals surface area contributed by atoms with Crippen LogP contribution in [-0.2, 0) is 16.1 Å². The van der Waals surface area contributed by atoms with Crippen molar-refractivity contribution in [2.24, 2.45) is 0 Å². The molecule has 0 aromatic heterocycles. The van der Waals surface area contributed by atoms with Crippen LogP contribution in [0.25, 0.3) is 10.8 Å². The quantitative estimate of drug-likeness (QED) is 0.660. The summed E-state index contributed by atoms with van der Waals surface area (Å²) in [5.74, 6) is -0.266. The molecule has 5 rings (SSSR count). The first-order chi connectivity index (χ1) is 15.0. The van der Waals surface area contributed by atoms with Crippen LogP contribution in [0.5, 0.6) is 5.75 Å². The standard InChI is InChI=1S/C25H22N2O4/c1-15(17-10-9-16-5-2-3-6-18(16)13-17)31-22-8-4-7-19-20(22)14-27(25(19)30)21-11-12-23(28)26-24(21)29/h2-10,13,15,21H,11-12,14H2,1H3,(H,26,28,29). The van der Waals surface area contributed by atoms with Crippen LogP contribution in [0, 0.1) is 0 Å². The van der Waals surface area contributed by atoms with Crippen LogP contribution in [0.15, 0.2) is 60.7 Å². The number of ether oxygens (including phenoxy) is 1. The predicted octanol–water partition coefficient (Wildman–Crippen LogP) is 3.74. The van der Waals surface area contributed by atoms with E-state index in [-0.39, 0.29) is 24.3 Å². The van der Waals surface area contributed by atoms with Gasteiger partial charge in [-0.2, -0.15) is 0 Å². The molecule has 31 heavy (non-hydrogen) atoms. The summed E-state index contributed by atoms with van der Waals surface area (Å²) in [6, 6.07) is 19.2. The summed E-state index contributed by atoms with van der Waals surface area (Å²) in [6.07, 6.45) is 0.364. The first kappa shape index (κ1) is 19.3. The highest BCUT2D eigenvalue weighted by Crippen LogP contribution is 2.35. The fraction of sp³-hybridized carbons (Fsp3) is 0.240. The Bertz CT molecular complexity index is 1220. The molecule has 0 aliphatic carbocycles. The fourth-order valence-corrected chi connectivity index (χ4v) is 4.39. The normalized spacial score (nSPS) is 19.3. The summed E-state index contributed by atoms with van der Waals surface area (Å²) >= 11 is 0. The van der Waals surface area contributed by atoms with Crippen LogP contribution in [0.2, 0.25) is 0 Å². The number of rotatable bonds is 4. The molecule has 2 heterocycles. The number of hydrogen-bond donors (Lipinski definition) is 1. The third kappa shape index (κ3) is 3.44. The molecule has 156 valence electrons. The Morgan fingerprint density at radius 2 is 1.81 bits per heavy atom. The van der Waals surface area contributed by atoms with Crippen molar-refractivity contribution in [3.63, 3.8) is 0 Å². The van der Waals surface area contributed by atoms with E-state index in [9.17, 15) is 14.4 Å². The van der Waals surface area contributed by atoms with Gasteiger partial charge in [0.25, 0.3) is 5.91 Å². The molecule has 2 aliphatic heterocycles. The second kappa shape index (κ2) is 7.54. The van der Waals surface area contributed by atoms with E-state index in [0.717, 1.165) is 16.5 Å². The van der Waals surface area contributed by atoms with Crippen molar-refractivity contribution in [3.05, 3.63) is 77.4 Å². The molecule has 1 N–H and O–H groups in total. The smallest absolute Gasteiger partial charge is 0.255 e. The van der Waals surface area contributed by atoms with Gasteiger partial charge >= 0.3 is 0 Å². The van der Waals surface area contributed by atoms with E-state index in [1.54, 1.807) is 17.0 Å². The van der Waals surface area contributed by atoms with Crippen LogP contribution in [0.1, 0.15) is 47.4 Å². The maximum Gasteiger partial charge on any atom is 0.255 e. The number of imide groups is 1. The minimum atomic E-state index is -0.636. The predicted molar refractivity (Wildman–Crippen MR) is 115 cm³/mol. The Labute approximate surface area is 179 Å². The molecule has 0 saturated carbocycles. The number of nitrogens with one attached hydrogen (secondary N) is 1. The van der Waals surface area contributed by atoms with Crippen molar-refractivity contribution >= 4 is 28.5 Å². The molecular weight excluding hydrogens is 392 g/mol. The van der Waals surface area contributed by atoms with Gasteiger partial charge in [-0.3, -0.25) is 19.7 Å². The summed E-state index contributed by atoms with van der Waals surface area (Å²) in [5, 5.41) is 4.65. The molecule has 2 unspecified atom stereocenters. The summed E-state index contributed by atoms with van der Waals surface area (Å²) in [4.78, 5) is 38.3. The second-order valence-corrected chi connectivity index (χ2v) is 8.05. The van der Waals surface area contributed by atoms with E-state index >= 15 is 0 Å². The van der Waals surface area contributed by atoms with Crippen LogP contribution in [0.3, 0.4) is 0 Å². The van der Waals surface area contributed by atoms with Gasteiger partial charge in [0.05, 0.1) is 6.54 Å². The SMILES string of the molecule is CC(Oc1cccc2c1CN(C1CCC(=O)NC1=O)C2=O)c1ccc2ccccc2c1. The van der Waals surface area contributed by atoms with Gasteiger partial charge in [0.1, 0.15) is 17.9 Å². The van der Waals surface area contributed by atoms with Gasteiger partial charge in [-0.25, -0.2) is 0 Å². The lowest BCUT2D eigenvalue weighted by Crippen LogP contribution is -2.52. The fourth-order valence-electron chi connectivity index (χ4n) is 4.39. The lowest BCUT2D eigenvalue weighted by atomic mass is 10.0. The van der Waals surface area contributed by atoms with E-state index in [4.69, 9.17) is 4.74 Å². The van der Waals surface area contributed by atoms with Gasteiger partial charge in [0.2, 0.25) is 11.8 Å². The number of carbonyl (C=O) groups is 3. The van der Waals surface area contributed by atoms with Gasteiger partial charge in [0, 0.05) is 17.5 Å². The Morgan fingerprint density at radius 3 is 2.61 bits per heavy atom. The highest BCUT2D eigenvalue weighted by Gasteiger charge is 2.40. The van der Waals surface area contributed by atoms with Crippen molar-refractivity contribution in [2.75, 3.05) is 0 Å². The lowest BCUT2D eigenvalue weighted by molar-refractivity contribution is -0.136. The van der Waals surface area contributed by atoms with E-state index < -0.39 is 11.9 Å². The van der Waals surface area contributed by atoms with Gasteiger partial charge in [-0.15, -0.1) is 0 Å². The zero-order chi connectivity index (χ0) is 21.5. The van der Waals surface area contributed by atoms with Crippen LogP contribution in [0.4, 0.5) is 0 Å². The van der Waals surface area contributed by atoms with Crippen LogP contribution < -0.4 is 10.1 Å². The van der Waals surface area contributed by atoms with Crippen molar-refractivity contribution < 1.29 is 19.1 Å². The summed E-state index contributed by atoms with van der Waals surface area (Å²) < 4.78 is 6.29. The number of fused-ring (bicyclic) bond motifs is 2. The minimum absolute atomic E-state index is 0.201. The molecule has 6 nitrogen and oxygen atoms in total. The molecule has 0 spiro atoms. The largest absolute Gasteiger partial charge is 0.486 e. The third-order valence-corrected chi connectivity index (χ3v) is 6.09. The molecule has 0 bridgehead atoms. The molecule has 3 amide bonds. The van der Waals surface area contributed by atoms with Crippen LogP contribution >= 0.6 is 0 Å². The number of nitrogens with zero attached hydrogens (tertiary/aromatic N) is 1. The second-order valence-electron chi connectivity index (χ2n) is 8.05. The molecule has 3 aromatic carbocycles.